The highest BCUT2D eigenvalue weighted by atomic mass is 35.5. The molecular weight excluding hydrogens is 459 g/mol. The zero-order valence-electron chi connectivity index (χ0n) is 14.1. The third-order valence-corrected chi connectivity index (χ3v) is 5.98. The summed E-state index contributed by atoms with van der Waals surface area (Å²) in [4.78, 5) is 12.6. The Bertz CT molecular complexity index is 923. The van der Waals surface area contributed by atoms with Gasteiger partial charge in [0.25, 0.3) is 0 Å². The van der Waals surface area contributed by atoms with E-state index in [1.807, 2.05) is 0 Å². The van der Waals surface area contributed by atoms with Crippen LogP contribution in [0.3, 0.4) is 0 Å². The Labute approximate surface area is 179 Å². The summed E-state index contributed by atoms with van der Waals surface area (Å²) in [6.07, 6.45) is -5.42. The number of ketones is 1. The minimum atomic E-state index is -5.13. The monoisotopic (exact) mass is 470 g/mol. The largest absolute Gasteiger partial charge is 0.421 e. The molecule has 1 atom stereocenters. The van der Waals surface area contributed by atoms with Crippen molar-refractivity contribution in [1.29, 1.82) is 0 Å². The predicted octanol–water partition coefficient (Wildman–Crippen LogP) is 6.59. The van der Waals surface area contributed by atoms with Gasteiger partial charge in [0.15, 0.2) is 11.4 Å². The molecule has 0 saturated carbocycles. The van der Waals surface area contributed by atoms with Crippen molar-refractivity contribution >= 4 is 52.2 Å². The van der Waals surface area contributed by atoms with Crippen LogP contribution in [0.1, 0.15) is 39.9 Å². The molecule has 0 saturated heterocycles. The Morgan fingerprint density at radius 1 is 1.07 bits per heavy atom. The van der Waals surface area contributed by atoms with Crippen LogP contribution in [0.5, 0.6) is 0 Å². The fourth-order valence-corrected chi connectivity index (χ4v) is 4.33. The van der Waals surface area contributed by atoms with E-state index in [0.717, 1.165) is 12.1 Å². The van der Waals surface area contributed by atoms with Gasteiger partial charge in [-0.3, -0.25) is 4.79 Å². The van der Waals surface area contributed by atoms with Crippen LogP contribution in [0, 0.1) is 0 Å². The number of halogens is 7. The molecule has 0 spiro atoms. The quantitative estimate of drug-likeness (QED) is 0.403. The van der Waals surface area contributed by atoms with E-state index in [4.69, 9.17) is 46.4 Å². The number of rotatable bonds is 4. The lowest BCUT2D eigenvalue weighted by molar-refractivity contribution is -0.264. The van der Waals surface area contributed by atoms with E-state index in [1.54, 1.807) is 0 Å². The van der Waals surface area contributed by atoms with Crippen LogP contribution in [-0.2, 0) is 16.4 Å². The first kappa shape index (κ1) is 21.7. The van der Waals surface area contributed by atoms with E-state index >= 15 is 0 Å². The highest BCUT2D eigenvalue weighted by Crippen LogP contribution is 2.47. The topological polar surface area (TPSA) is 37.3 Å². The molecule has 2 aromatic rings. The van der Waals surface area contributed by atoms with Crippen molar-refractivity contribution in [3.8, 4) is 0 Å². The van der Waals surface area contributed by atoms with Crippen molar-refractivity contribution in [1.82, 2.24) is 0 Å². The molecule has 2 aromatic carbocycles. The highest BCUT2D eigenvalue weighted by molar-refractivity contribution is 6.48. The second kappa shape index (κ2) is 7.37. The number of alkyl halides is 5. The van der Waals surface area contributed by atoms with Crippen molar-refractivity contribution in [3.63, 3.8) is 0 Å². The standard InChI is InChI=1S/C19H13Cl4F3O2/c20-13-6-12(7-14(21)8-13)17(28,19(24,25)26)9-16(27)11-1-2-15-10(5-11)3-4-18(15,22)23/h1-2,5-8,28H,3-4,9H2/t17-/m1/s1. The number of benzene rings is 2. The van der Waals surface area contributed by atoms with Crippen molar-refractivity contribution < 1.29 is 23.1 Å². The van der Waals surface area contributed by atoms with Gasteiger partial charge in [-0.05, 0) is 53.8 Å². The third-order valence-electron chi connectivity index (χ3n) is 4.76. The van der Waals surface area contributed by atoms with Gasteiger partial charge in [-0.15, -0.1) is 0 Å². The van der Waals surface area contributed by atoms with Crippen LogP contribution in [0.25, 0.3) is 0 Å². The summed E-state index contributed by atoms with van der Waals surface area (Å²) in [5.41, 5.74) is -2.70. The molecule has 0 fully saturated rings. The molecule has 0 heterocycles. The number of Topliss-reactive ketones (excluding diaryl/α,β-unsaturated/α-hetero) is 1. The van der Waals surface area contributed by atoms with Gasteiger partial charge >= 0.3 is 6.18 Å². The maximum Gasteiger partial charge on any atom is 0.421 e. The van der Waals surface area contributed by atoms with Crippen molar-refractivity contribution in [2.75, 3.05) is 0 Å². The molecule has 0 amide bonds. The van der Waals surface area contributed by atoms with Gasteiger partial charge in [0.1, 0.15) is 4.33 Å². The lowest BCUT2D eigenvalue weighted by Gasteiger charge is -2.31. The number of hydrogen-bond acceptors (Lipinski definition) is 2. The Hall–Kier alpha value is -0.980. The first-order valence-corrected chi connectivity index (χ1v) is 9.65. The Balaban J connectivity index is 1.97. The minimum absolute atomic E-state index is 0.0283. The smallest absolute Gasteiger partial charge is 0.376 e. The molecule has 2 nitrogen and oxygen atoms in total. The molecule has 1 aliphatic carbocycles. The molecule has 1 N–H and O–H groups in total. The summed E-state index contributed by atoms with van der Waals surface area (Å²) < 4.78 is 40.1. The van der Waals surface area contributed by atoms with E-state index in [0.29, 0.717) is 24.0 Å². The second-order valence-corrected chi connectivity index (χ2v) is 9.05. The molecule has 0 aromatic heterocycles. The van der Waals surface area contributed by atoms with Gasteiger partial charge < -0.3 is 5.11 Å². The van der Waals surface area contributed by atoms with E-state index in [2.05, 4.69) is 0 Å². The number of aryl methyl sites for hydroxylation is 1. The van der Waals surface area contributed by atoms with E-state index in [9.17, 15) is 23.1 Å². The normalized spacial score (nSPS) is 17.9. The molecule has 1 aliphatic rings. The summed E-state index contributed by atoms with van der Waals surface area (Å²) in [6, 6.07) is 7.45. The number of aliphatic hydroxyl groups is 1. The molecule has 0 unspecified atom stereocenters. The minimum Gasteiger partial charge on any atom is -0.376 e. The highest BCUT2D eigenvalue weighted by Gasteiger charge is 2.56. The van der Waals surface area contributed by atoms with Crippen LogP contribution >= 0.6 is 46.4 Å². The molecule has 0 bridgehead atoms. The summed E-state index contributed by atoms with van der Waals surface area (Å²) >= 11 is 23.9. The van der Waals surface area contributed by atoms with Gasteiger partial charge in [0.2, 0.25) is 0 Å². The van der Waals surface area contributed by atoms with E-state index < -0.39 is 33.9 Å². The van der Waals surface area contributed by atoms with E-state index in [-0.39, 0.29) is 15.6 Å². The van der Waals surface area contributed by atoms with Crippen molar-refractivity contribution in [2.45, 2.75) is 35.4 Å². The molecule has 0 radical (unpaired) electrons. The van der Waals surface area contributed by atoms with Crippen LogP contribution in [-0.4, -0.2) is 17.1 Å². The molecule has 3 rings (SSSR count). The van der Waals surface area contributed by atoms with Gasteiger partial charge in [0, 0.05) is 15.6 Å². The van der Waals surface area contributed by atoms with Gasteiger partial charge in [0.05, 0.1) is 6.42 Å². The first-order chi connectivity index (χ1) is 12.8. The van der Waals surface area contributed by atoms with Crippen LogP contribution in [0.15, 0.2) is 36.4 Å². The van der Waals surface area contributed by atoms with Crippen LogP contribution in [0.4, 0.5) is 13.2 Å². The second-order valence-electron chi connectivity index (χ2n) is 6.69. The summed E-state index contributed by atoms with van der Waals surface area (Å²) in [6.45, 7) is 0. The van der Waals surface area contributed by atoms with Gasteiger partial charge in [-0.2, -0.15) is 13.2 Å². The van der Waals surface area contributed by atoms with Crippen LogP contribution < -0.4 is 0 Å². The van der Waals surface area contributed by atoms with Gasteiger partial charge in [-0.25, -0.2) is 0 Å². The summed E-state index contributed by atoms with van der Waals surface area (Å²) in [7, 11) is 0. The van der Waals surface area contributed by atoms with Crippen molar-refractivity contribution in [3.05, 3.63) is 68.7 Å². The predicted molar refractivity (Wildman–Crippen MR) is 104 cm³/mol. The molecule has 9 heteroatoms. The lowest BCUT2D eigenvalue weighted by Crippen LogP contribution is -2.44. The summed E-state index contributed by atoms with van der Waals surface area (Å²) in [5, 5.41) is 10.3. The van der Waals surface area contributed by atoms with Gasteiger partial charge in [-0.1, -0.05) is 58.5 Å². The Morgan fingerprint density at radius 3 is 2.25 bits per heavy atom. The lowest BCUT2D eigenvalue weighted by atomic mass is 9.86. The average molecular weight is 472 g/mol. The number of carbonyl (C=O) groups excluding carboxylic acids is 1. The number of fused-ring (bicyclic) bond motifs is 1. The SMILES string of the molecule is O=C(C[C@@](O)(c1cc(Cl)cc(Cl)c1)C(F)(F)F)c1ccc2c(c1)CCC2(Cl)Cl. The molecular formula is C19H13Cl4F3O2. The fraction of sp³-hybridized carbons (Fsp3) is 0.316. The fourth-order valence-electron chi connectivity index (χ4n) is 3.25. The maximum atomic E-state index is 13.7. The van der Waals surface area contributed by atoms with E-state index in [1.165, 1.54) is 24.3 Å². The molecule has 28 heavy (non-hydrogen) atoms. The van der Waals surface area contributed by atoms with Crippen molar-refractivity contribution in [2.24, 2.45) is 0 Å². The summed E-state index contributed by atoms with van der Waals surface area (Å²) in [5.74, 6) is -0.889. The third kappa shape index (κ3) is 4.01. The Kier molecular flexibility index (Phi) is 5.72. The molecule has 0 aliphatic heterocycles. The Morgan fingerprint density at radius 2 is 1.68 bits per heavy atom. The number of carbonyl (C=O) groups is 1. The first-order valence-electron chi connectivity index (χ1n) is 8.13. The van der Waals surface area contributed by atoms with Crippen LogP contribution in [0.2, 0.25) is 10.0 Å². The molecule has 150 valence electrons. The zero-order valence-corrected chi connectivity index (χ0v) is 17.1. The number of hydrogen-bond donors (Lipinski definition) is 1. The zero-order chi connectivity index (χ0) is 20.9. The maximum absolute atomic E-state index is 13.7. The average Bonchev–Trinajstić information content (AvgIpc) is 2.87.